The van der Waals surface area contributed by atoms with Crippen LogP contribution in [-0.2, 0) is 0 Å². The van der Waals surface area contributed by atoms with Gasteiger partial charge in [-0.1, -0.05) is 6.92 Å². The first-order valence-corrected chi connectivity index (χ1v) is 7.58. The zero-order chi connectivity index (χ0) is 13.2. The molecule has 2 aliphatic carbocycles. The van der Waals surface area contributed by atoms with Crippen LogP contribution in [0.1, 0.15) is 57.2 Å². The van der Waals surface area contributed by atoms with Crippen LogP contribution in [0.3, 0.4) is 0 Å². The van der Waals surface area contributed by atoms with Gasteiger partial charge in [0.25, 0.3) is 0 Å². The number of hydrogen-bond acceptors (Lipinski definition) is 4. The predicted molar refractivity (Wildman–Crippen MR) is 78.6 cm³/mol. The standard InChI is InChI=1S/C15H24N4/c1-10-3-7-12(8-4-10)17-14-9-13(16-2)18-15(19-14)11-5-6-11/h9-12H,3-8H2,1-2H3,(H2,16,17,18,19). The molecule has 1 aromatic rings. The van der Waals surface area contributed by atoms with Crippen molar-refractivity contribution in [1.82, 2.24) is 9.97 Å². The Morgan fingerprint density at radius 3 is 2.32 bits per heavy atom. The summed E-state index contributed by atoms with van der Waals surface area (Å²) in [5.41, 5.74) is 0. The van der Waals surface area contributed by atoms with E-state index in [0.29, 0.717) is 12.0 Å². The first kappa shape index (κ1) is 12.7. The Labute approximate surface area is 115 Å². The van der Waals surface area contributed by atoms with E-state index in [4.69, 9.17) is 4.98 Å². The molecule has 0 aromatic carbocycles. The smallest absolute Gasteiger partial charge is 0.136 e. The number of anilines is 2. The number of rotatable bonds is 4. The van der Waals surface area contributed by atoms with Gasteiger partial charge >= 0.3 is 0 Å². The molecule has 0 aliphatic heterocycles. The van der Waals surface area contributed by atoms with E-state index in [-0.39, 0.29) is 0 Å². The lowest BCUT2D eigenvalue weighted by molar-refractivity contribution is 0.360. The third-order valence-corrected chi connectivity index (χ3v) is 4.31. The minimum atomic E-state index is 0.586. The molecule has 2 N–H and O–H groups in total. The fraction of sp³-hybridized carbons (Fsp3) is 0.733. The van der Waals surface area contributed by atoms with Gasteiger partial charge in [-0.15, -0.1) is 0 Å². The van der Waals surface area contributed by atoms with Crippen molar-refractivity contribution in [1.29, 1.82) is 0 Å². The molecule has 0 radical (unpaired) electrons. The largest absolute Gasteiger partial charge is 0.373 e. The van der Waals surface area contributed by atoms with Crippen LogP contribution in [0, 0.1) is 5.92 Å². The number of nitrogens with zero attached hydrogens (tertiary/aromatic N) is 2. The molecule has 0 saturated heterocycles. The fourth-order valence-corrected chi connectivity index (χ4v) is 2.81. The SMILES string of the molecule is CNc1cc(NC2CCC(C)CC2)nc(C2CC2)n1. The second-order valence-corrected chi connectivity index (χ2v) is 6.12. The minimum absolute atomic E-state index is 0.586. The fourth-order valence-electron chi connectivity index (χ4n) is 2.81. The van der Waals surface area contributed by atoms with E-state index in [2.05, 4.69) is 22.5 Å². The molecule has 4 nitrogen and oxygen atoms in total. The Balaban J connectivity index is 1.70. The molecule has 0 spiro atoms. The van der Waals surface area contributed by atoms with Crippen molar-refractivity contribution in [2.45, 2.75) is 57.4 Å². The highest BCUT2D eigenvalue weighted by Crippen LogP contribution is 2.39. The summed E-state index contributed by atoms with van der Waals surface area (Å²) in [5, 5.41) is 6.75. The van der Waals surface area contributed by atoms with Gasteiger partial charge in [0.2, 0.25) is 0 Å². The molecule has 0 unspecified atom stereocenters. The van der Waals surface area contributed by atoms with Crippen LogP contribution in [0.15, 0.2) is 6.07 Å². The van der Waals surface area contributed by atoms with E-state index in [1.54, 1.807) is 0 Å². The molecule has 1 aromatic heterocycles. The molecule has 2 saturated carbocycles. The molecular weight excluding hydrogens is 236 g/mol. The van der Waals surface area contributed by atoms with Crippen molar-refractivity contribution in [2.24, 2.45) is 5.92 Å². The second kappa shape index (κ2) is 5.35. The maximum Gasteiger partial charge on any atom is 0.136 e. The van der Waals surface area contributed by atoms with E-state index in [9.17, 15) is 0 Å². The summed E-state index contributed by atoms with van der Waals surface area (Å²) in [7, 11) is 1.92. The van der Waals surface area contributed by atoms with Gasteiger partial charge in [0.05, 0.1) is 0 Å². The predicted octanol–water partition coefficient (Wildman–Crippen LogP) is 3.39. The highest BCUT2D eigenvalue weighted by Gasteiger charge is 2.27. The monoisotopic (exact) mass is 260 g/mol. The molecule has 19 heavy (non-hydrogen) atoms. The summed E-state index contributed by atoms with van der Waals surface area (Å²) in [6.07, 6.45) is 7.67. The van der Waals surface area contributed by atoms with E-state index in [1.165, 1.54) is 38.5 Å². The zero-order valence-corrected chi connectivity index (χ0v) is 11.9. The van der Waals surface area contributed by atoms with E-state index < -0.39 is 0 Å². The zero-order valence-electron chi connectivity index (χ0n) is 11.9. The van der Waals surface area contributed by atoms with Gasteiger partial charge in [-0.3, -0.25) is 0 Å². The van der Waals surface area contributed by atoms with Crippen LogP contribution in [0.4, 0.5) is 11.6 Å². The maximum absolute atomic E-state index is 4.69. The summed E-state index contributed by atoms with van der Waals surface area (Å²) >= 11 is 0. The molecule has 0 atom stereocenters. The summed E-state index contributed by atoms with van der Waals surface area (Å²) in [6.45, 7) is 2.35. The van der Waals surface area contributed by atoms with Crippen molar-refractivity contribution in [3.8, 4) is 0 Å². The number of aromatic nitrogens is 2. The molecular formula is C15H24N4. The average Bonchev–Trinajstić information content (AvgIpc) is 3.25. The molecule has 0 amide bonds. The van der Waals surface area contributed by atoms with Gasteiger partial charge in [0, 0.05) is 25.1 Å². The van der Waals surface area contributed by atoms with Gasteiger partial charge in [-0.2, -0.15) is 0 Å². The van der Waals surface area contributed by atoms with E-state index in [1.807, 2.05) is 13.1 Å². The van der Waals surface area contributed by atoms with Crippen molar-refractivity contribution >= 4 is 11.6 Å². The first-order chi connectivity index (χ1) is 9.24. The molecule has 3 rings (SSSR count). The minimum Gasteiger partial charge on any atom is -0.373 e. The van der Waals surface area contributed by atoms with E-state index in [0.717, 1.165) is 23.4 Å². The quantitative estimate of drug-likeness (QED) is 0.871. The summed E-state index contributed by atoms with van der Waals surface area (Å²) in [5.74, 6) is 4.43. The average molecular weight is 260 g/mol. The molecule has 2 fully saturated rings. The topological polar surface area (TPSA) is 49.8 Å². The molecule has 1 heterocycles. The first-order valence-electron chi connectivity index (χ1n) is 7.58. The van der Waals surface area contributed by atoms with Crippen LogP contribution in [0.2, 0.25) is 0 Å². The summed E-state index contributed by atoms with van der Waals surface area (Å²) in [6, 6.07) is 2.62. The van der Waals surface area contributed by atoms with Gasteiger partial charge in [-0.05, 0) is 44.4 Å². The van der Waals surface area contributed by atoms with Crippen LogP contribution in [-0.4, -0.2) is 23.1 Å². The molecule has 4 heteroatoms. The maximum atomic E-state index is 4.69. The van der Waals surface area contributed by atoms with Crippen molar-refractivity contribution in [3.05, 3.63) is 11.9 Å². The van der Waals surface area contributed by atoms with E-state index >= 15 is 0 Å². The lowest BCUT2D eigenvalue weighted by Gasteiger charge is -2.27. The summed E-state index contributed by atoms with van der Waals surface area (Å²) < 4.78 is 0. The Morgan fingerprint density at radius 2 is 1.68 bits per heavy atom. The highest BCUT2D eigenvalue weighted by atomic mass is 15.1. The van der Waals surface area contributed by atoms with Crippen LogP contribution < -0.4 is 10.6 Å². The molecule has 0 bridgehead atoms. The van der Waals surface area contributed by atoms with Gasteiger partial charge < -0.3 is 10.6 Å². The van der Waals surface area contributed by atoms with Gasteiger partial charge in [0.15, 0.2) is 0 Å². The van der Waals surface area contributed by atoms with Crippen molar-refractivity contribution in [3.63, 3.8) is 0 Å². The Bertz CT molecular complexity index is 434. The Kier molecular flexibility index (Phi) is 3.58. The number of nitrogens with one attached hydrogen (secondary N) is 2. The van der Waals surface area contributed by atoms with Crippen molar-refractivity contribution in [2.75, 3.05) is 17.7 Å². The molecule has 2 aliphatic rings. The van der Waals surface area contributed by atoms with Crippen LogP contribution in [0.5, 0.6) is 0 Å². The lowest BCUT2D eigenvalue weighted by Crippen LogP contribution is -2.26. The van der Waals surface area contributed by atoms with Gasteiger partial charge in [0.1, 0.15) is 17.5 Å². The summed E-state index contributed by atoms with van der Waals surface area (Å²) in [4.78, 5) is 9.25. The second-order valence-electron chi connectivity index (χ2n) is 6.12. The normalized spacial score (nSPS) is 27.1. The third-order valence-electron chi connectivity index (χ3n) is 4.31. The van der Waals surface area contributed by atoms with Crippen LogP contribution in [0.25, 0.3) is 0 Å². The lowest BCUT2D eigenvalue weighted by atomic mass is 9.87. The Morgan fingerprint density at radius 1 is 1.00 bits per heavy atom. The van der Waals surface area contributed by atoms with Gasteiger partial charge in [-0.25, -0.2) is 9.97 Å². The third kappa shape index (κ3) is 3.17. The Hall–Kier alpha value is -1.32. The van der Waals surface area contributed by atoms with Crippen molar-refractivity contribution < 1.29 is 0 Å². The highest BCUT2D eigenvalue weighted by molar-refractivity contribution is 5.48. The number of hydrogen-bond donors (Lipinski definition) is 2. The molecule has 104 valence electrons. The van der Waals surface area contributed by atoms with Crippen LogP contribution >= 0.6 is 0 Å².